The van der Waals surface area contributed by atoms with Crippen molar-refractivity contribution >= 4 is 49.1 Å². The normalized spacial score (nSPS) is 16.4. The first kappa shape index (κ1) is 27.3. The van der Waals surface area contributed by atoms with Crippen LogP contribution < -0.4 is 16.0 Å². The average Bonchev–Trinajstić information content (AvgIpc) is 3.76. The Labute approximate surface area is 249 Å². The van der Waals surface area contributed by atoms with Crippen molar-refractivity contribution in [1.29, 1.82) is 5.26 Å². The molecule has 3 N–H and O–H groups in total. The van der Waals surface area contributed by atoms with Crippen molar-refractivity contribution in [2.45, 2.75) is 32.2 Å². The molecule has 43 heavy (non-hydrogen) atoms. The molecule has 6 heterocycles. The fraction of sp³-hybridized carbons (Fsp3) is 0.310. The molecular formula is C29H26F2N10OS. The Balaban J connectivity index is 1.48. The molecule has 1 fully saturated rings. The monoisotopic (exact) mass is 600 g/mol. The number of hydrogen-bond donors (Lipinski definition) is 2. The van der Waals surface area contributed by atoms with Gasteiger partial charge in [-0.25, -0.2) is 13.8 Å². The quantitative estimate of drug-likeness (QED) is 0.289. The number of nitriles is 1. The molecule has 11 nitrogen and oxygen atoms in total. The van der Waals surface area contributed by atoms with E-state index < -0.39 is 11.6 Å². The highest BCUT2D eigenvalue weighted by Gasteiger charge is 2.33. The Morgan fingerprint density at radius 1 is 1.23 bits per heavy atom. The van der Waals surface area contributed by atoms with Crippen LogP contribution in [0.2, 0.25) is 0 Å². The number of hydrogen-bond acceptors (Lipinski definition) is 12. The summed E-state index contributed by atoms with van der Waals surface area (Å²) in [5.74, 6) is -0.448. The molecule has 0 aliphatic carbocycles. The maximum absolute atomic E-state index is 17.0. The van der Waals surface area contributed by atoms with E-state index in [0.29, 0.717) is 59.6 Å². The summed E-state index contributed by atoms with van der Waals surface area (Å²) in [4.78, 5) is 18.2. The van der Waals surface area contributed by atoms with Crippen LogP contribution in [0, 0.1) is 23.0 Å². The lowest BCUT2D eigenvalue weighted by atomic mass is 9.93. The molecule has 0 spiro atoms. The minimum Gasteiger partial charge on any atom is -0.389 e. The Morgan fingerprint density at radius 3 is 2.81 bits per heavy atom. The fourth-order valence-corrected chi connectivity index (χ4v) is 6.79. The van der Waals surface area contributed by atoms with Gasteiger partial charge in [-0.15, -0.1) is 11.3 Å². The number of nitrogen functional groups attached to an aromatic ring is 1. The van der Waals surface area contributed by atoms with Crippen LogP contribution in [0.4, 0.5) is 25.5 Å². The minimum atomic E-state index is -0.650. The molecule has 1 atom stereocenters. The molecule has 218 valence electrons. The highest BCUT2D eigenvalue weighted by molar-refractivity contribution is 7.23. The number of rotatable bonds is 6. The van der Waals surface area contributed by atoms with Crippen molar-refractivity contribution in [2.24, 2.45) is 0 Å². The second-order valence-electron chi connectivity index (χ2n) is 10.8. The van der Waals surface area contributed by atoms with Gasteiger partial charge in [0.1, 0.15) is 22.4 Å². The molecule has 0 bridgehead atoms. The van der Waals surface area contributed by atoms with Crippen LogP contribution in [0.5, 0.6) is 0 Å². The van der Waals surface area contributed by atoms with Gasteiger partial charge in [-0.2, -0.15) is 20.4 Å². The van der Waals surface area contributed by atoms with Gasteiger partial charge in [0.15, 0.2) is 11.6 Å². The van der Waals surface area contributed by atoms with Crippen LogP contribution in [0.1, 0.15) is 28.8 Å². The number of fused-ring (bicyclic) bond motifs is 4. The third-order valence-corrected chi connectivity index (χ3v) is 9.10. The number of benzene rings is 1. The van der Waals surface area contributed by atoms with Crippen molar-refractivity contribution in [3.63, 3.8) is 0 Å². The standard InChI is InChI=1S/C29H26F2N10OS/c1-40(2)15-5-7-41(11-15)29-37-25-22(28(38-29)35-9-14-4-3-6-36-39-14)18-13-42-12-17(18)20(23(25)31)24-21-16(8-32)27(33)43-26(21)19(30)10-34-24/h3-4,6,10,15H,5,7,9,11-13,33H2,1-2H3,(H,35,37,38). The number of anilines is 3. The summed E-state index contributed by atoms with van der Waals surface area (Å²) in [6, 6.07) is 5.98. The first-order chi connectivity index (χ1) is 20.9. The van der Waals surface area contributed by atoms with E-state index in [9.17, 15) is 9.65 Å². The van der Waals surface area contributed by atoms with Gasteiger partial charge in [0.25, 0.3) is 0 Å². The van der Waals surface area contributed by atoms with Crippen LogP contribution >= 0.6 is 11.3 Å². The lowest BCUT2D eigenvalue weighted by molar-refractivity contribution is 0.135. The largest absolute Gasteiger partial charge is 0.389 e. The lowest BCUT2D eigenvalue weighted by Gasteiger charge is -2.22. The van der Waals surface area contributed by atoms with E-state index in [4.69, 9.17) is 20.4 Å². The zero-order chi connectivity index (χ0) is 29.8. The molecule has 1 aromatic carbocycles. The van der Waals surface area contributed by atoms with Crippen LogP contribution in [-0.2, 0) is 24.5 Å². The van der Waals surface area contributed by atoms with Crippen molar-refractivity contribution in [3.05, 3.63) is 58.5 Å². The maximum Gasteiger partial charge on any atom is 0.228 e. The molecule has 1 saturated heterocycles. The van der Waals surface area contributed by atoms with Gasteiger partial charge < -0.3 is 25.6 Å². The first-order valence-electron chi connectivity index (χ1n) is 13.7. The van der Waals surface area contributed by atoms with E-state index in [1.807, 2.05) is 31.1 Å². The predicted octanol–water partition coefficient (Wildman–Crippen LogP) is 4.21. The van der Waals surface area contributed by atoms with Gasteiger partial charge in [-0.3, -0.25) is 4.98 Å². The summed E-state index contributed by atoms with van der Waals surface area (Å²) in [6.45, 7) is 1.99. The van der Waals surface area contributed by atoms with Gasteiger partial charge in [0, 0.05) is 36.3 Å². The number of nitrogens with zero attached hydrogens (tertiary/aromatic N) is 8. The van der Waals surface area contributed by atoms with Crippen molar-refractivity contribution in [3.8, 4) is 17.3 Å². The van der Waals surface area contributed by atoms with Crippen LogP contribution in [0.15, 0.2) is 24.5 Å². The molecule has 1 unspecified atom stereocenters. The second-order valence-corrected chi connectivity index (χ2v) is 11.8. The van der Waals surface area contributed by atoms with Crippen molar-refractivity contribution in [2.75, 3.05) is 43.1 Å². The summed E-state index contributed by atoms with van der Waals surface area (Å²) in [5, 5.41) is 22.1. The molecule has 0 saturated carbocycles. The molecular weight excluding hydrogens is 574 g/mol. The number of halogens is 2. The van der Waals surface area contributed by atoms with Crippen LogP contribution in [-0.4, -0.2) is 63.3 Å². The zero-order valence-electron chi connectivity index (χ0n) is 23.4. The average molecular weight is 601 g/mol. The predicted molar refractivity (Wildman–Crippen MR) is 159 cm³/mol. The van der Waals surface area contributed by atoms with Gasteiger partial charge in [-0.05, 0) is 43.8 Å². The second kappa shape index (κ2) is 10.6. The van der Waals surface area contributed by atoms with E-state index >= 15 is 4.39 Å². The van der Waals surface area contributed by atoms with Gasteiger partial charge >= 0.3 is 0 Å². The number of likely N-dealkylation sites (N-methyl/N-ethyl adjacent to an activating group) is 1. The van der Waals surface area contributed by atoms with Crippen LogP contribution in [0.25, 0.3) is 32.2 Å². The third-order valence-electron chi connectivity index (χ3n) is 8.07. The summed E-state index contributed by atoms with van der Waals surface area (Å²) in [5.41, 5.74) is 8.42. The fourth-order valence-electron chi connectivity index (χ4n) is 5.87. The number of aromatic nitrogens is 5. The van der Waals surface area contributed by atoms with Gasteiger partial charge in [0.05, 0.1) is 53.0 Å². The SMILES string of the molecule is CN(C)C1CCN(c2nc(NCc3cccnn3)c3c4c(c(-c5ncc(F)c6sc(N)c(C#N)c56)c(F)c3n2)COC4)C1. The summed E-state index contributed by atoms with van der Waals surface area (Å²) in [6.07, 6.45) is 3.54. The Bertz CT molecular complexity index is 1940. The molecule has 14 heteroatoms. The van der Waals surface area contributed by atoms with Crippen LogP contribution in [0.3, 0.4) is 0 Å². The smallest absolute Gasteiger partial charge is 0.228 e. The minimum absolute atomic E-state index is 0.0654. The molecule has 0 radical (unpaired) electrons. The Kier molecular flexibility index (Phi) is 6.72. The van der Waals surface area contributed by atoms with E-state index in [-0.39, 0.29) is 50.6 Å². The molecule has 2 aliphatic heterocycles. The Hall–Kier alpha value is -4.58. The molecule has 2 aliphatic rings. The van der Waals surface area contributed by atoms with E-state index in [0.717, 1.165) is 24.0 Å². The number of nitrogens with one attached hydrogen (secondary N) is 1. The molecule has 7 rings (SSSR count). The van der Waals surface area contributed by atoms with Crippen molar-refractivity contribution in [1.82, 2.24) is 30.0 Å². The van der Waals surface area contributed by atoms with E-state index in [1.165, 1.54) is 0 Å². The number of nitrogens with two attached hydrogens (primary N) is 1. The van der Waals surface area contributed by atoms with E-state index in [2.05, 4.69) is 25.4 Å². The Morgan fingerprint density at radius 2 is 2.07 bits per heavy atom. The summed E-state index contributed by atoms with van der Waals surface area (Å²) >= 11 is 0.939. The van der Waals surface area contributed by atoms with Gasteiger partial charge in [0.2, 0.25) is 5.95 Å². The lowest BCUT2D eigenvalue weighted by Crippen LogP contribution is -2.32. The van der Waals surface area contributed by atoms with Gasteiger partial charge in [-0.1, -0.05) is 0 Å². The maximum atomic E-state index is 17.0. The highest BCUT2D eigenvalue weighted by Crippen LogP contribution is 2.46. The molecule has 4 aromatic heterocycles. The highest BCUT2D eigenvalue weighted by atomic mass is 32.1. The number of pyridine rings is 1. The summed E-state index contributed by atoms with van der Waals surface area (Å²) < 4.78 is 37.9. The molecule has 5 aromatic rings. The third kappa shape index (κ3) is 4.48. The first-order valence-corrected chi connectivity index (χ1v) is 14.5. The van der Waals surface area contributed by atoms with E-state index in [1.54, 1.807) is 12.3 Å². The molecule has 0 amide bonds. The number of thiophene rings is 1. The van der Waals surface area contributed by atoms with Crippen molar-refractivity contribution < 1.29 is 13.5 Å². The summed E-state index contributed by atoms with van der Waals surface area (Å²) in [7, 11) is 4.06. The zero-order valence-corrected chi connectivity index (χ0v) is 24.2. The number of ether oxygens (including phenoxy) is 1. The topological polar surface area (TPSA) is 142 Å².